The van der Waals surface area contributed by atoms with E-state index in [1.54, 1.807) is 12.1 Å². The number of amides is 1. The summed E-state index contributed by atoms with van der Waals surface area (Å²) in [5.41, 5.74) is 1.31. The zero-order valence-corrected chi connectivity index (χ0v) is 20.8. The molecule has 2 aliphatic heterocycles. The molecule has 5 rings (SSSR count). The SMILES string of the molecule is O=C(NC1CCN(Cc2ccccc2)CC1)C1CCCN(S(=O)(=O)c2cccc3ccccc23)C1. The normalized spacial score (nSPS) is 20.6. The standard InChI is InChI=1S/C28H33N3O3S/c32-28(29-25-15-18-30(19-16-25)20-22-8-2-1-3-9-22)24-12-7-17-31(21-24)35(33,34)27-14-6-11-23-10-4-5-13-26(23)27/h1-6,8-11,13-14,24-25H,7,12,15-21H2,(H,29,32). The van der Waals surface area contributed by atoms with Crippen LogP contribution in [0.3, 0.4) is 0 Å². The topological polar surface area (TPSA) is 69.7 Å². The third-order valence-electron chi connectivity index (χ3n) is 7.31. The lowest BCUT2D eigenvalue weighted by atomic mass is 9.97. The highest BCUT2D eigenvalue weighted by Gasteiger charge is 2.35. The van der Waals surface area contributed by atoms with Crippen molar-refractivity contribution in [1.29, 1.82) is 0 Å². The van der Waals surface area contributed by atoms with E-state index in [0.717, 1.165) is 49.7 Å². The highest BCUT2D eigenvalue weighted by molar-refractivity contribution is 7.89. The Hall–Kier alpha value is -2.74. The first-order valence-corrected chi connectivity index (χ1v) is 14.0. The van der Waals surface area contributed by atoms with Crippen LogP contribution in [0.4, 0.5) is 0 Å². The zero-order valence-electron chi connectivity index (χ0n) is 20.0. The minimum absolute atomic E-state index is 0.00988. The Bertz CT molecular complexity index is 1270. The van der Waals surface area contributed by atoms with Crippen molar-refractivity contribution in [2.75, 3.05) is 26.2 Å². The Morgan fingerprint density at radius 3 is 2.37 bits per heavy atom. The van der Waals surface area contributed by atoms with Crippen LogP contribution < -0.4 is 5.32 Å². The van der Waals surface area contributed by atoms with Crippen LogP contribution in [0.5, 0.6) is 0 Å². The van der Waals surface area contributed by atoms with Gasteiger partial charge in [-0.25, -0.2) is 8.42 Å². The molecule has 2 aliphatic rings. The number of rotatable bonds is 6. The number of nitrogens with one attached hydrogen (secondary N) is 1. The third kappa shape index (κ3) is 5.42. The molecule has 3 aromatic rings. The monoisotopic (exact) mass is 491 g/mol. The molecular formula is C28H33N3O3S. The Kier molecular flexibility index (Phi) is 7.18. The van der Waals surface area contributed by atoms with Crippen molar-refractivity contribution in [2.24, 2.45) is 5.92 Å². The number of fused-ring (bicyclic) bond motifs is 1. The minimum Gasteiger partial charge on any atom is -0.353 e. The van der Waals surface area contributed by atoms with E-state index < -0.39 is 10.0 Å². The molecule has 2 fully saturated rings. The van der Waals surface area contributed by atoms with E-state index in [4.69, 9.17) is 0 Å². The zero-order chi connectivity index (χ0) is 24.3. The van der Waals surface area contributed by atoms with E-state index in [1.165, 1.54) is 9.87 Å². The van der Waals surface area contributed by atoms with E-state index in [9.17, 15) is 13.2 Å². The number of carbonyl (C=O) groups excluding carboxylic acids is 1. The number of hydrogen-bond donors (Lipinski definition) is 1. The Labute approximate surface area is 208 Å². The van der Waals surface area contributed by atoms with Gasteiger partial charge < -0.3 is 5.32 Å². The molecule has 6 nitrogen and oxygen atoms in total. The Balaban J connectivity index is 1.19. The minimum atomic E-state index is -3.68. The van der Waals surface area contributed by atoms with Crippen LogP contribution >= 0.6 is 0 Å². The molecule has 35 heavy (non-hydrogen) atoms. The van der Waals surface area contributed by atoms with E-state index in [1.807, 2.05) is 36.4 Å². The fourth-order valence-corrected chi connectivity index (χ4v) is 7.07. The summed E-state index contributed by atoms with van der Waals surface area (Å²) in [6.45, 7) is 3.53. The summed E-state index contributed by atoms with van der Waals surface area (Å²) in [5, 5.41) is 4.85. The number of likely N-dealkylation sites (tertiary alicyclic amines) is 1. The molecule has 7 heteroatoms. The fraction of sp³-hybridized carbons (Fsp3) is 0.393. The van der Waals surface area contributed by atoms with E-state index in [-0.39, 0.29) is 24.4 Å². The lowest BCUT2D eigenvalue weighted by molar-refractivity contribution is -0.127. The second-order valence-electron chi connectivity index (χ2n) is 9.72. The van der Waals surface area contributed by atoms with Crippen molar-refractivity contribution in [3.8, 4) is 0 Å². The van der Waals surface area contributed by atoms with Crippen LogP contribution in [0.25, 0.3) is 10.8 Å². The number of sulfonamides is 1. The molecule has 0 bridgehead atoms. The van der Waals surface area contributed by atoms with Gasteiger partial charge in [0.15, 0.2) is 0 Å². The average Bonchev–Trinajstić information content (AvgIpc) is 2.90. The molecule has 0 aromatic heterocycles. The van der Waals surface area contributed by atoms with Gasteiger partial charge >= 0.3 is 0 Å². The summed E-state index contributed by atoms with van der Waals surface area (Å²) in [6, 6.07) is 23.5. The lowest BCUT2D eigenvalue weighted by Gasteiger charge is -2.35. The molecule has 0 radical (unpaired) electrons. The molecule has 3 aromatic carbocycles. The van der Waals surface area contributed by atoms with Gasteiger partial charge in [-0.3, -0.25) is 9.69 Å². The Morgan fingerprint density at radius 1 is 0.857 bits per heavy atom. The summed E-state index contributed by atoms with van der Waals surface area (Å²) >= 11 is 0. The van der Waals surface area contributed by atoms with Crippen molar-refractivity contribution in [1.82, 2.24) is 14.5 Å². The second-order valence-corrected chi connectivity index (χ2v) is 11.6. The smallest absolute Gasteiger partial charge is 0.243 e. The first kappa shape index (κ1) is 24.0. The average molecular weight is 492 g/mol. The molecule has 0 saturated carbocycles. The van der Waals surface area contributed by atoms with Crippen LogP contribution in [-0.2, 0) is 21.4 Å². The maximum absolute atomic E-state index is 13.5. The second kappa shape index (κ2) is 10.5. The number of hydrogen-bond acceptors (Lipinski definition) is 4. The number of nitrogens with zero attached hydrogens (tertiary/aromatic N) is 2. The summed E-state index contributed by atoms with van der Waals surface area (Å²) in [6.07, 6.45) is 3.25. The van der Waals surface area contributed by atoms with Gasteiger partial charge in [0.25, 0.3) is 0 Å². The van der Waals surface area contributed by atoms with Gasteiger partial charge in [0.05, 0.1) is 10.8 Å². The molecule has 184 valence electrons. The number of benzene rings is 3. The highest BCUT2D eigenvalue weighted by atomic mass is 32.2. The van der Waals surface area contributed by atoms with Gasteiger partial charge in [0.1, 0.15) is 0 Å². The van der Waals surface area contributed by atoms with Gasteiger partial charge in [-0.15, -0.1) is 0 Å². The molecule has 2 heterocycles. The van der Waals surface area contributed by atoms with E-state index >= 15 is 0 Å². The van der Waals surface area contributed by atoms with Crippen LogP contribution in [0.15, 0.2) is 77.7 Å². The molecular weight excluding hydrogens is 458 g/mol. The summed E-state index contributed by atoms with van der Waals surface area (Å²) in [7, 11) is -3.68. The largest absolute Gasteiger partial charge is 0.353 e. The van der Waals surface area contributed by atoms with Crippen LogP contribution in [0, 0.1) is 5.92 Å². The van der Waals surface area contributed by atoms with E-state index in [0.29, 0.717) is 17.9 Å². The highest BCUT2D eigenvalue weighted by Crippen LogP contribution is 2.29. The molecule has 1 N–H and O–H groups in total. The summed E-state index contributed by atoms with van der Waals surface area (Å²) in [4.78, 5) is 15.9. The van der Waals surface area contributed by atoms with Crippen LogP contribution in [0.1, 0.15) is 31.2 Å². The lowest BCUT2D eigenvalue weighted by Crippen LogP contribution is -2.50. The van der Waals surface area contributed by atoms with E-state index in [2.05, 4.69) is 34.5 Å². The maximum Gasteiger partial charge on any atom is 0.243 e. The fourth-order valence-electron chi connectivity index (χ4n) is 5.33. The number of piperidine rings is 2. The molecule has 2 saturated heterocycles. The summed E-state index contributed by atoms with van der Waals surface area (Å²) < 4.78 is 28.6. The van der Waals surface area contributed by atoms with Crippen molar-refractivity contribution in [2.45, 2.75) is 43.2 Å². The van der Waals surface area contributed by atoms with Gasteiger partial charge in [-0.05, 0) is 42.7 Å². The first-order valence-electron chi connectivity index (χ1n) is 12.6. The molecule has 0 aliphatic carbocycles. The van der Waals surface area contributed by atoms with Crippen molar-refractivity contribution < 1.29 is 13.2 Å². The molecule has 0 spiro atoms. The first-order chi connectivity index (χ1) is 17.0. The maximum atomic E-state index is 13.5. The third-order valence-corrected chi connectivity index (χ3v) is 9.23. The van der Waals surface area contributed by atoms with Crippen LogP contribution in [0.2, 0.25) is 0 Å². The summed E-state index contributed by atoms with van der Waals surface area (Å²) in [5.74, 6) is -0.319. The van der Waals surface area contributed by atoms with Gasteiger partial charge in [-0.2, -0.15) is 4.31 Å². The van der Waals surface area contributed by atoms with Gasteiger partial charge in [0.2, 0.25) is 15.9 Å². The van der Waals surface area contributed by atoms with Crippen LogP contribution in [-0.4, -0.2) is 55.8 Å². The quantitative estimate of drug-likeness (QED) is 0.566. The Morgan fingerprint density at radius 2 is 1.57 bits per heavy atom. The van der Waals surface area contributed by atoms with Gasteiger partial charge in [-0.1, -0.05) is 66.7 Å². The molecule has 1 unspecified atom stereocenters. The predicted octanol–water partition coefficient (Wildman–Crippen LogP) is 4.02. The van der Waals surface area contributed by atoms with Crippen molar-refractivity contribution in [3.63, 3.8) is 0 Å². The number of carbonyl (C=O) groups is 1. The van der Waals surface area contributed by atoms with Crippen molar-refractivity contribution >= 4 is 26.7 Å². The molecule has 1 atom stereocenters. The van der Waals surface area contributed by atoms with Crippen molar-refractivity contribution in [3.05, 3.63) is 78.4 Å². The molecule has 1 amide bonds. The predicted molar refractivity (Wildman–Crippen MR) is 138 cm³/mol. The van der Waals surface area contributed by atoms with Gasteiger partial charge in [0, 0.05) is 44.2 Å².